The van der Waals surface area contributed by atoms with E-state index in [0.717, 1.165) is 5.56 Å². The number of ether oxygens (including phenoxy) is 2. The first-order chi connectivity index (χ1) is 11.0. The van der Waals surface area contributed by atoms with Gasteiger partial charge in [-0.15, -0.1) is 0 Å². The fourth-order valence-corrected chi connectivity index (χ4v) is 2.48. The highest BCUT2D eigenvalue weighted by Gasteiger charge is 2.31. The molecule has 1 aromatic rings. The first-order valence-electron chi connectivity index (χ1n) is 7.87. The fraction of sp³-hybridized carbons (Fsp3) is 0.529. The minimum atomic E-state index is -0.729. The summed E-state index contributed by atoms with van der Waals surface area (Å²) in [5, 5.41) is 0.586. The molecule has 0 radical (unpaired) electrons. The number of esters is 1. The van der Waals surface area contributed by atoms with Gasteiger partial charge in [0.1, 0.15) is 6.04 Å². The van der Waals surface area contributed by atoms with Crippen molar-refractivity contribution in [1.29, 1.82) is 0 Å². The maximum Gasteiger partial charge on any atom is 0.410 e. The van der Waals surface area contributed by atoms with E-state index in [4.69, 9.17) is 21.1 Å². The number of rotatable bonds is 8. The van der Waals surface area contributed by atoms with Crippen LogP contribution in [0.5, 0.6) is 0 Å². The van der Waals surface area contributed by atoms with Gasteiger partial charge in [-0.2, -0.15) is 0 Å². The van der Waals surface area contributed by atoms with Crippen molar-refractivity contribution in [1.82, 2.24) is 4.90 Å². The second-order valence-electron chi connectivity index (χ2n) is 4.99. The van der Waals surface area contributed by atoms with E-state index in [0.29, 0.717) is 24.4 Å². The number of hydrogen-bond acceptors (Lipinski definition) is 4. The quantitative estimate of drug-likeness (QED) is 0.677. The van der Waals surface area contributed by atoms with Crippen LogP contribution in [-0.2, 0) is 20.7 Å². The second kappa shape index (κ2) is 10.1. The Morgan fingerprint density at radius 3 is 2.43 bits per heavy atom. The summed E-state index contributed by atoms with van der Waals surface area (Å²) in [5.41, 5.74) is 0.862. The minimum absolute atomic E-state index is 0.256. The molecule has 1 rings (SSSR count). The molecule has 1 atom stereocenters. The van der Waals surface area contributed by atoms with Crippen LogP contribution >= 0.6 is 11.6 Å². The third-order valence-corrected chi connectivity index (χ3v) is 3.45. The van der Waals surface area contributed by atoms with Crippen LogP contribution in [0, 0.1) is 0 Å². The third-order valence-electron chi connectivity index (χ3n) is 3.22. The van der Waals surface area contributed by atoms with Crippen molar-refractivity contribution in [2.24, 2.45) is 0 Å². The molecule has 0 aliphatic heterocycles. The first-order valence-corrected chi connectivity index (χ1v) is 8.25. The van der Waals surface area contributed by atoms with Crippen LogP contribution in [0.1, 0.15) is 32.8 Å². The monoisotopic (exact) mass is 341 g/mol. The normalized spacial score (nSPS) is 11.7. The summed E-state index contributed by atoms with van der Waals surface area (Å²) in [4.78, 5) is 26.0. The van der Waals surface area contributed by atoms with Crippen molar-refractivity contribution in [3.05, 3.63) is 34.9 Å². The van der Waals surface area contributed by atoms with Crippen LogP contribution < -0.4 is 0 Å². The first kappa shape index (κ1) is 19.3. The maximum atomic E-state index is 12.4. The van der Waals surface area contributed by atoms with Gasteiger partial charge in [-0.1, -0.05) is 30.7 Å². The molecule has 0 saturated heterocycles. The van der Waals surface area contributed by atoms with E-state index in [1.54, 1.807) is 26.0 Å². The summed E-state index contributed by atoms with van der Waals surface area (Å²) >= 11 is 6.00. The number of benzene rings is 1. The minimum Gasteiger partial charge on any atom is -0.464 e. The lowest BCUT2D eigenvalue weighted by Crippen LogP contribution is -2.47. The van der Waals surface area contributed by atoms with Crippen LogP contribution in [0.3, 0.4) is 0 Å². The third kappa shape index (κ3) is 6.10. The Hall–Kier alpha value is -1.75. The van der Waals surface area contributed by atoms with Gasteiger partial charge < -0.3 is 9.47 Å². The molecule has 5 nitrogen and oxygen atoms in total. The molecule has 23 heavy (non-hydrogen) atoms. The second-order valence-corrected chi connectivity index (χ2v) is 5.43. The molecule has 128 valence electrons. The Balaban J connectivity index is 3.05. The van der Waals surface area contributed by atoms with E-state index in [2.05, 4.69) is 0 Å². The van der Waals surface area contributed by atoms with Gasteiger partial charge in [0, 0.05) is 18.0 Å². The molecule has 0 bridgehead atoms. The Kier molecular flexibility index (Phi) is 8.48. The average Bonchev–Trinajstić information content (AvgIpc) is 2.51. The Morgan fingerprint density at radius 2 is 1.87 bits per heavy atom. The van der Waals surface area contributed by atoms with Crippen LogP contribution in [0.15, 0.2) is 24.3 Å². The number of halogens is 1. The molecule has 0 aliphatic rings. The molecular weight excluding hydrogens is 318 g/mol. The predicted molar refractivity (Wildman–Crippen MR) is 89.6 cm³/mol. The molecule has 0 aliphatic carbocycles. The van der Waals surface area contributed by atoms with Crippen molar-refractivity contribution < 1.29 is 19.1 Å². The highest BCUT2D eigenvalue weighted by molar-refractivity contribution is 6.30. The summed E-state index contributed by atoms with van der Waals surface area (Å²) in [6, 6.07) is 6.50. The zero-order valence-corrected chi connectivity index (χ0v) is 14.6. The van der Waals surface area contributed by atoms with Crippen molar-refractivity contribution in [3.63, 3.8) is 0 Å². The highest BCUT2D eigenvalue weighted by Crippen LogP contribution is 2.17. The molecule has 1 unspecified atom stereocenters. The number of carbonyl (C=O) groups is 2. The van der Waals surface area contributed by atoms with Gasteiger partial charge in [0.2, 0.25) is 0 Å². The summed E-state index contributed by atoms with van der Waals surface area (Å²) in [7, 11) is 0. The van der Waals surface area contributed by atoms with Gasteiger partial charge in [0.25, 0.3) is 0 Å². The standard InChI is InChI=1S/C17H24ClNO4/c1-4-10-19(17(21)23-6-3)15(16(20)22-5-2)12-13-8-7-9-14(18)11-13/h7-9,11,15H,4-6,10,12H2,1-3H3. The lowest BCUT2D eigenvalue weighted by Gasteiger charge is -2.29. The number of hydrogen-bond donors (Lipinski definition) is 0. The van der Waals surface area contributed by atoms with Crippen molar-refractivity contribution in [2.45, 2.75) is 39.7 Å². The molecule has 0 N–H and O–H groups in total. The largest absolute Gasteiger partial charge is 0.464 e. The molecule has 1 aromatic carbocycles. The summed E-state index contributed by atoms with van der Waals surface area (Å²) in [5.74, 6) is -0.436. The van der Waals surface area contributed by atoms with Gasteiger partial charge in [-0.3, -0.25) is 4.90 Å². The average molecular weight is 342 g/mol. The molecule has 0 saturated carbocycles. The lowest BCUT2D eigenvalue weighted by molar-refractivity contribution is -0.149. The maximum absolute atomic E-state index is 12.4. The number of amides is 1. The molecule has 0 heterocycles. The molecule has 1 amide bonds. The summed E-state index contributed by atoms with van der Waals surface area (Å²) in [6.07, 6.45) is 0.539. The van der Waals surface area contributed by atoms with Gasteiger partial charge in [-0.05, 0) is 38.0 Å². The van der Waals surface area contributed by atoms with Crippen LogP contribution in [0.25, 0.3) is 0 Å². The van der Waals surface area contributed by atoms with Gasteiger partial charge >= 0.3 is 12.1 Å². The van der Waals surface area contributed by atoms with Crippen molar-refractivity contribution in [2.75, 3.05) is 19.8 Å². The van der Waals surface area contributed by atoms with E-state index in [1.165, 1.54) is 4.90 Å². The van der Waals surface area contributed by atoms with Crippen LogP contribution in [0.2, 0.25) is 5.02 Å². The molecular formula is C17H24ClNO4. The SMILES string of the molecule is CCCN(C(=O)OCC)C(Cc1cccc(Cl)c1)C(=O)OCC. The fourth-order valence-electron chi connectivity index (χ4n) is 2.27. The lowest BCUT2D eigenvalue weighted by atomic mass is 10.0. The highest BCUT2D eigenvalue weighted by atomic mass is 35.5. The van der Waals surface area contributed by atoms with Crippen molar-refractivity contribution >= 4 is 23.7 Å². The topological polar surface area (TPSA) is 55.8 Å². The van der Waals surface area contributed by atoms with E-state index in [9.17, 15) is 9.59 Å². The van der Waals surface area contributed by atoms with E-state index >= 15 is 0 Å². The van der Waals surface area contributed by atoms with Crippen LogP contribution in [-0.4, -0.2) is 42.8 Å². The van der Waals surface area contributed by atoms with E-state index in [1.807, 2.05) is 19.1 Å². The summed E-state index contributed by atoms with van der Waals surface area (Å²) in [6.45, 7) is 6.34. The van der Waals surface area contributed by atoms with Gasteiger partial charge in [0.15, 0.2) is 0 Å². The Morgan fingerprint density at radius 1 is 1.17 bits per heavy atom. The Bertz CT molecular complexity index is 521. The zero-order chi connectivity index (χ0) is 17.2. The van der Waals surface area contributed by atoms with E-state index < -0.39 is 18.1 Å². The van der Waals surface area contributed by atoms with Crippen molar-refractivity contribution in [3.8, 4) is 0 Å². The Labute approximate surface area is 142 Å². The molecule has 0 aromatic heterocycles. The number of carbonyl (C=O) groups excluding carboxylic acids is 2. The predicted octanol–water partition coefficient (Wildman–Crippen LogP) is 3.68. The van der Waals surface area contributed by atoms with Gasteiger partial charge in [-0.25, -0.2) is 9.59 Å². The zero-order valence-electron chi connectivity index (χ0n) is 13.9. The number of nitrogens with zero attached hydrogens (tertiary/aromatic N) is 1. The van der Waals surface area contributed by atoms with E-state index in [-0.39, 0.29) is 13.2 Å². The summed E-state index contributed by atoms with van der Waals surface area (Å²) < 4.78 is 10.2. The molecule has 6 heteroatoms. The smallest absolute Gasteiger partial charge is 0.410 e. The molecule has 0 spiro atoms. The van der Waals surface area contributed by atoms with Gasteiger partial charge in [0.05, 0.1) is 13.2 Å². The molecule has 0 fully saturated rings. The van der Waals surface area contributed by atoms with Crippen LogP contribution in [0.4, 0.5) is 4.79 Å².